The second-order valence-corrected chi connectivity index (χ2v) is 8.48. The smallest absolute Gasteiger partial charge is 0.133 e. The van der Waals surface area contributed by atoms with Gasteiger partial charge in [0.25, 0.3) is 0 Å². The Bertz CT molecular complexity index is 606. The number of rotatable bonds is 0. The highest BCUT2D eigenvalue weighted by atomic mass is 16.3. The van der Waals surface area contributed by atoms with Crippen molar-refractivity contribution in [3.05, 3.63) is 0 Å². The van der Waals surface area contributed by atoms with Crippen LogP contribution in [0.4, 0.5) is 0 Å². The van der Waals surface area contributed by atoms with Crippen molar-refractivity contribution in [1.82, 2.24) is 0 Å². The van der Waals surface area contributed by atoms with Gasteiger partial charge in [-0.3, -0.25) is 4.79 Å². The van der Waals surface area contributed by atoms with Crippen molar-refractivity contribution in [1.29, 1.82) is 0 Å². The quantitative estimate of drug-likeness (QED) is 0.734. The largest absolute Gasteiger partial charge is 0.393 e. The summed E-state index contributed by atoms with van der Waals surface area (Å²) in [5.41, 5.74) is -0.508. The van der Waals surface area contributed by atoms with Crippen LogP contribution in [0.25, 0.3) is 0 Å². The molecule has 0 saturated heterocycles. The van der Waals surface area contributed by atoms with Gasteiger partial charge in [0.1, 0.15) is 5.78 Å². The highest BCUT2D eigenvalue weighted by Crippen LogP contribution is 2.65. The van der Waals surface area contributed by atoms with Gasteiger partial charge in [0.05, 0.1) is 6.10 Å². The van der Waals surface area contributed by atoms with Crippen LogP contribution in [-0.4, -0.2) is 17.0 Å². The highest BCUT2D eigenvalue weighted by molar-refractivity contribution is 5.79. The number of Topliss-reactive ketones (excluding diaryl/α,β-unsaturated/α-hetero) is 1. The van der Waals surface area contributed by atoms with Crippen LogP contribution in [0.3, 0.4) is 0 Å². The molecule has 0 amide bonds. The lowest BCUT2D eigenvalue weighted by molar-refractivity contribution is -0.141. The van der Waals surface area contributed by atoms with Crippen molar-refractivity contribution < 1.29 is 15.4 Å². The van der Waals surface area contributed by atoms with Crippen molar-refractivity contribution in [2.75, 3.05) is 0 Å². The molecule has 4 aliphatic carbocycles. The third-order valence-electron chi connectivity index (χ3n) is 7.75. The van der Waals surface area contributed by atoms with Gasteiger partial charge in [0.15, 0.2) is 0 Å². The Morgan fingerprint density at radius 3 is 2.62 bits per heavy atom. The number of hydrogen-bond acceptors (Lipinski definition) is 2. The van der Waals surface area contributed by atoms with Crippen LogP contribution in [0.5, 0.6) is 0 Å². The summed E-state index contributed by atoms with van der Waals surface area (Å²) in [7, 11) is 0. The second-order valence-electron chi connectivity index (χ2n) is 8.48. The van der Waals surface area contributed by atoms with E-state index in [1.165, 1.54) is 0 Å². The summed E-state index contributed by atoms with van der Waals surface area (Å²) in [6.07, 6.45) is 1.06. The molecule has 4 rings (SSSR count). The van der Waals surface area contributed by atoms with Gasteiger partial charge in [-0.05, 0) is 79.4 Å². The van der Waals surface area contributed by atoms with Crippen LogP contribution in [0.2, 0.25) is 0 Å². The van der Waals surface area contributed by atoms with Gasteiger partial charge >= 0.3 is 0 Å². The van der Waals surface area contributed by atoms with Gasteiger partial charge in [0, 0.05) is 18.2 Å². The fraction of sp³-hybridized carbons (Fsp3) is 0.947. The summed E-state index contributed by atoms with van der Waals surface area (Å²) < 4.78 is 33.2. The summed E-state index contributed by atoms with van der Waals surface area (Å²) in [5, 5.41) is 10.5. The van der Waals surface area contributed by atoms with Gasteiger partial charge in [-0.25, -0.2) is 0 Å². The van der Waals surface area contributed by atoms with E-state index in [1.54, 1.807) is 0 Å². The molecule has 0 aromatic carbocycles. The molecule has 0 aromatic heterocycles. The minimum atomic E-state index is -2.08. The lowest BCUT2D eigenvalue weighted by Gasteiger charge is -2.60. The Morgan fingerprint density at radius 2 is 1.81 bits per heavy atom. The molecule has 0 aromatic rings. The number of carbonyl (C=O) groups excluding carboxylic acids is 1. The third kappa shape index (κ3) is 1.84. The summed E-state index contributed by atoms with van der Waals surface area (Å²) in [5.74, 6) is -0.0932. The normalized spacial score (nSPS) is 64.1. The fourth-order valence-electron chi connectivity index (χ4n) is 6.40. The Balaban J connectivity index is 1.73. The first-order chi connectivity index (χ1) is 11.4. The van der Waals surface area contributed by atoms with E-state index in [2.05, 4.69) is 6.92 Å². The van der Waals surface area contributed by atoms with Gasteiger partial charge in [0.2, 0.25) is 0 Å². The van der Waals surface area contributed by atoms with E-state index in [0.29, 0.717) is 18.3 Å². The van der Waals surface area contributed by atoms with Gasteiger partial charge in [-0.2, -0.15) is 0 Å². The first-order valence-electron chi connectivity index (χ1n) is 10.7. The van der Waals surface area contributed by atoms with E-state index in [0.717, 1.165) is 32.1 Å². The first-order valence-corrected chi connectivity index (χ1v) is 8.67. The number of ketones is 1. The zero-order valence-electron chi connectivity index (χ0n) is 17.2. The number of carbonyl (C=O) groups is 1. The van der Waals surface area contributed by atoms with Gasteiger partial charge in [-0.15, -0.1) is 0 Å². The monoisotopic (exact) mass is 294 g/mol. The minimum absolute atomic E-state index is 0.0348. The Kier molecular flexibility index (Phi) is 2.26. The van der Waals surface area contributed by atoms with E-state index in [9.17, 15) is 9.90 Å². The van der Waals surface area contributed by atoms with Crippen LogP contribution in [-0.2, 0) is 4.79 Å². The number of aliphatic hydroxyl groups is 1. The van der Waals surface area contributed by atoms with E-state index >= 15 is 0 Å². The van der Waals surface area contributed by atoms with Crippen LogP contribution in [0, 0.1) is 34.5 Å². The zero-order chi connectivity index (χ0) is 18.4. The lowest BCUT2D eigenvalue weighted by Crippen LogP contribution is -2.54. The third-order valence-corrected chi connectivity index (χ3v) is 7.75. The average Bonchev–Trinajstić information content (AvgIpc) is 2.80. The molecule has 0 radical (unpaired) electrons. The average molecular weight is 294 g/mol. The predicted molar refractivity (Wildman–Crippen MR) is 82.7 cm³/mol. The van der Waals surface area contributed by atoms with E-state index in [4.69, 9.17) is 5.48 Å². The van der Waals surface area contributed by atoms with E-state index < -0.39 is 23.9 Å². The summed E-state index contributed by atoms with van der Waals surface area (Å²) in [4.78, 5) is 12.4. The Labute approximate surface area is 134 Å². The number of hydrogen-bond donors (Lipinski definition) is 1. The maximum atomic E-state index is 12.4. The first kappa shape index (κ1) is 10.4. The van der Waals surface area contributed by atoms with Crippen molar-refractivity contribution >= 4 is 5.78 Å². The van der Waals surface area contributed by atoms with Gasteiger partial charge in [-0.1, -0.05) is 13.8 Å². The van der Waals surface area contributed by atoms with Crippen molar-refractivity contribution in [3.63, 3.8) is 0 Å². The molecule has 5 unspecified atom stereocenters. The molecule has 0 aliphatic heterocycles. The molecule has 1 N–H and O–H groups in total. The molecule has 4 aliphatic rings. The summed E-state index contributed by atoms with van der Waals surface area (Å²) in [6.45, 7) is 4.26. The van der Waals surface area contributed by atoms with Crippen molar-refractivity contribution in [2.45, 2.75) is 77.6 Å². The standard InChI is InChI=1S/C19H30O2/c1-18-9-7-13(20)11-12(18)3-4-14-15-5-6-17(21)19(15,2)10-8-16(14)18/h12,14-17,21H,3-11H2,1-2H3/t12?,14?,15?,16?,17?,18-,19-/m0/s1/i7D2,11D2. The second kappa shape index (κ2) is 4.57. The summed E-state index contributed by atoms with van der Waals surface area (Å²) in [6, 6.07) is 0. The molecule has 7 atom stereocenters. The SMILES string of the molecule is [2H]C1([2H])C[C@]2(C)C3CC[C@]4(C)C(O)CCC4C3CCC2C([2H])([2H])C1=O. The molecule has 0 spiro atoms. The fourth-order valence-corrected chi connectivity index (χ4v) is 6.40. The molecule has 21 heavy (non-hydrogen) atoms. The Hall–Kier alpha value is -0.370. The highest BCUT2D eigenvalue weighted by Gasteiger charge is 2.59. The molecule has 4 fully saturated rings. The molecule has 0 bridgehead atoms. The molecular formula is C19H30O2. The van der Waals surface area contributed by atoms with E-state index in [-0.39, 0.29) is 29.8 Å². The van der Waals surface area contributed by atoms with Crippen LogP contribution in [0.1, 0.15) is 77.0 Å². The summed E-state index contributed by atoms with van der Waals surface area (Å²) >= 11 is 0. The maximum absolute atomic E-state index is 12.4. The van der Waals surface area contributed by atoms with Gasteiger partial charge < -0.3 is 5.11 Å². The molecule has 0 heterocycles. The topological polar surface area (TPSA) is 37.3 Å². The Morgan fingerprint density at radius 1 is 1.05 bits per heavy atom. The molecule has 4 saturated carbocycles. The van der Waals surface area contributed by atoms with E-state index in [1.807, 2.05) is 6.92 Å². The van der Waals surface area contributed by atoms with Crippen LogP contribution >= 0.6 is 0 Å². The maximum Gasteiger partial charge on any atom is 0.133 e. The van der Waals surface area contributed by atoms with Crippen molar-refractivity contribution in [3.8, 4) is 0 Å². The number of aliphatic hydroxyl groups excluding tert-OH is 1. The molecule has 118 valence electrons. The minimum Gasteiger partial charge on any atom is -0.393 e. The van der Waals surface area contributed by atoms with Crippen LogP contribution < -0.4 is 0 Å². The molecule has 2 nitrogen and oxygen atoms in total. The number of fused-ring (bicyclic) bond motifs is 5. The lowest BCUT2D eigenvalue weighted by atomic mass is 9.45. The van der Waals surface area contributed by atoms with Crippen LogP contribution in [0.15, 0.2) is 0 Å². The van der Waals surface area contributed by atoms with Crippen molar-refractivity contribution in [2.24, 2.45) is 34.5 Å². The molecular weight excluding hydrogens is 260 g/mol. The zero-order valence-corrected chi connectivity index (χ0v) is 13.2. The predicted octanol–water partition coefficient (Wildman–Crippen LogP) is 3.96. The molecule has 2 heteroatoms.